The molecule has 248 valence electrons. The maximum atomic E-state index is 14.2. The van der Waals surface area contributed by atoms with E-state index in [0.717, 1.165) is 51.4 Å². The standard InChI is InChI=1S/C38H61NO5/c1-24(2)26-15-20-38(33(43)39-23-11-9-10-12-31(41)42)22-21-36(7)27(32(26)38)13-14-29-35(6)18-17-30(44-25(3)40)34(4,5)28(35)16-19-37(29,36)8/h26-30,32H,1,9-23H2,2-8H3,(H,39,43)(H,41,42)/t26-,27+,28-,29+,30-,32+,35-,36+,37+,38-/m0/s1. The molecule has 0 bridgehead atoms. The maximum absolute atomic E-state index is 14.2. The van der Waals surface area contributed by atoms with Crippen molar-refractivity contribution in [2.24, 2.45) is 56.7 Å². The number of esters is 1. The molecule has 5 fully saturated rings. The molecular formula is C38H61NO5. The Kier molecular flexibility index (Phi) is 8.95. The number of amides is 1. The van der Waals surface area contributed by atoms with E-state index in [1.807, 2.05) is 0 Å². The first-order valence-electron chi connectivity index (χ1n) is 17.9. The number of hydrogen-bond donors (Lipinski definition) is 2. The van der Waals surface area contributed by atoms with E-state index < -0.39 is 5.97 Å². The Labute approximate surface area is 266 Å². The summed E-state index contributed by atoms with van der Waals surface area (Å²) >= 11 is 0. The van der Waals surface area contributed by atoms with Crippen molar-refractivity contribution in [3.8, 4) is 0 Å². The number of hydrogen-bond acceptors (Lipinski definition) is 4. The van der Waals surface area contributed by atoms with Gasteiger partial charge in [-0.25, -0.2) is 0 Å². The second-order valence-electron chi connectivity index (χ2n) is 17.3. The third-order valence-corrected chi connectivity index (χ3v) is 15.1. The second kappa shape index (κ2) is 11.7. The Bertz CT molecular complexity index is 1160. The third kappa shape index (κ3) is 5.07. The first-order chi connectivity index (χ1) is 20.5. The summed E-state index contributed by atoms with van der Waals surface area (Å²) in [6.45, 7) is 21.4. The van der Waals surface area contributed by atoms with Crippen LogP contribution in [-0.2, 0) is 19.1 Å². The van der Waals surface area contributed by atoms with Crippen molar-refractivity contribution in [1.29, 1.82) is 0 Å². The van der Waals surface area contributed by atoms with E-state index in [1.54, 1.807) is 6.92 Å². The Balaban J connectivity index is 1.40. The minimum Gasteiger partial charge on any atom is -0.481 e. The van der Waals surface area contributed by atoms with Crippen molar-refractivity contribution in [3.63, 3.8) is 0 Å². The molecule has 0 radical (unpaired) electrons. The summed E-state index contributed by atoms with van der Waals surface area (Å²) < 4.78 is 5.93. The first kappa shape index (κ1) is 33.5. The number of ether oxygens (including phenoxy) is 1. The quantitative estimate of drug-likeness (QED) is 0.155. The highest BCUT2D eigenvalue weighted by molar-refractivity contribution is 5.84. The summed E-state index contributed by atoms with van der Waals surface area (Å²) in [5.41, 5.74) is 1.49. The number of unbranched alkanes of at least 4 members (excludes halogenated alkanes) is 2. The van der Waals surface area contributed by atoms with Gasteiger partial charge in [-0.05, 0) is 130 Å². The van der Waals surface area contributed by atoms with Crippen molar-refractivity contribution >= 4 is 17.8 Å². The zero-order valence-electron chi connectivity index (χ0n) is 28.9. The molecule has 0 spiro atoms. The average molecular weight is 612 g/mol. The van der Waals surface area contributed by atoms with Crippen LogP contribution in [0.4, 0.5) is 0 Å². The van der Waals surface area contributed by atoms with E-state index in [4.69, 9.17) is 9.84 Å². The summed E-state index contributed by atoms with van der Waals surface area (Å²) in [4.78, 5) is 37.1. The van der Waals surface area contributed by atoms with Crippen molar-refractivity contribution in [2.75, 3.05) is 6.54 Å². The molecule has 6 heteroatoms. The normalized spacial score (nSPS) is 43.9. The highest BCUT2D eigenvalue weighted by atomic mass is 16.5. The van der Waals surface area contributed by atoms with Gasteiger partial charge in [0.05, 0.1) is 5.41 Å². The van der Waals surface area contributed by atoms with Gasteiger partial charge in [0.1, 0.15) is 6.10 Å². The van der Waals surface area contributed by atoms with E-state index in [1.165, 1.54) is 31.3 Å². The molecule has 2 N–H and O–H groups in total. The molecule has 44 heavy (non-hydrogen) atoms. The molecule has 5 aliphatic carbocycles. The Morgan fingerprint density at radius 3 is 2.20 bits per heavy atom. The number of carboxylic acid groups (broad SMARTS) is 1. The van der Waals surface area contributed by atoms with E-state index in [9.17, 15) is 14.4 Å². The van der Waals surface area contributed by atoms with E-state index >= 15 is 0 Å². The molecule has 0 unspecified atom stereocenters. The molecule has 5 saturated carbocycles. The number of rotatable bonds is 9. The Morgan fingerprint density at radius 2 is 1.55 bits per heavy atom. The third-order valence-electron chi connectivity index (χ3n) is 15.1. The van der Waals surface area contributed by atoms with Gasteiger partial charge in [-0.1, -0.05) is 53.2 Å². The lowest BCUT2D eigenvalue weighted by molar-refractivity contribution is -0.248. The summed E-state index contributed by atoms with van der Waals surface area (Å²) in [5, 5.41) is 12.3. The second-order valence-corrected chi connectivity index (χ2v) is 17.3. The lowest BCUT2D eigenvalue weighted by Gasteiger charge is -2.72. The monoisotopic (exact) mass is 611 g/mol. The number of aliphatic carboxylic acids is 1. The molecular weight excluding hydrogens is 550 g/mol. The van der Waals surface area contributed by atoms with Gasteiger partial charge in [-0.2, -0.15) is 0 Å². The van der Waals surface area contributed by atoms with Crippen LogP contribution in [-0.4, -0.2) is 35.6 Å². The molecule has 1 amide bonds. The number of carboxylic acids is 1. The first-order valence-corrected chi connectivity index (χ1v) is 17.9. The average Bonchev–Trinajstić information content (AvgIpc) is 3.33. The van der Waals surface area contributed by atoms with Crippen LogP contribution in [0.3, 0.4) is 0 Å². The Hall–Kier alpha value is -1.85. The van der Waals surface area contributed by atoms with E-state index in [0.29, 0.717) is 42.6 Å². The van der Waals surface area contributed by atoms with Crippen molar-refractivity contribution in [3.05, 3.63) is 12.2 Å². The van der Waals surface area contributed by atoms with Gasteiger partial charge in [-0.15, -0.1) is 0 Å². The van der Waals surface area contributed by atoms with Crippen LogP contribution in [0.25, 0.3) is 0 Å². The van der Waals surface area contributed by atoms with Crippen LogP contribution in [0.2, 0.25) is 0 Å². The lowest BCUT2D eigenvalue weighted by atomic mass is 9.32. The van der Waals surface area contributed by atoms with Crippen LogP contribution < -0.4 is 5.32 Å². The molecule has 0 aromatic heterocycles. The Morgan fingerprint density at radius 1 is 0.818 bits per heavy atom. The summed E-state index contributed by atoms with van der Waals surface area (Å²) in [5.74, 6) is 1.75. The maximum Gasteiger partial charge on any atom is 0.303 e. The smallest absolute Gasteiger partial charge is 0.303 e. The van der Waals surface area contributed by atoms with Gasteiger partial charge in [0.15, 0.2) is 0 Å². The highest BCUT2D eigenvalue weighted by Gasteiger charge is 2.72. The fraction of sp³-hybridized carbons (Fsp3) is 0.868. The van der Waals surface area contributed by atoms with Gasteiger partial charge in [0.2, 0.25) is 5.91 Å². The molecule has 5 rings (SSSR count). The van der Waals surface area contributed by atoms with Crippen LogP contribution in [0, 0.1) is 56.7 Å². The zero-order chi connectivity index (χ0) is 32.3. The molecule has 0 heterocycles. The summed E-state index contributed by atoms with van der Waals surface area (Å²) in [7, 11) is 0. The largest absolute Gasteiger partial charge is 0.481 e. The number of nitrogens with one attached hydrogen (secondary N) is 1. The van der Waals surface area contributed by atoms with Gasteiger partial charge in [-0.3, -0.25) is 14.4 Å². The van der Waals surface area contributed by atoms with Crippen molar-refractivity contribution < 1.29 is 24.2 Å². The summed E-state index contributed by atoms with van der Waals surface area (Å²) in [6, 6.07) is 0. The van der Waals surface area contributed by atoms with Gasteiger partial charge in [0.25, 0.3) is 0 Å². The summed E-state index contributed by atoms with van der Waals surface area (Å²) in [6.07, 6.45) is 13.5. The van der Waals surface area contributed by atoms with E-state index in [-0.39, 0.29) is 51.5 Å². The molecule has 10 atom stereocenters. The SMILES string of the molecule is C=C(C)[C@@H]1CC[C@]2(C(=O)NCCCCCC(=O)O)CC[C@]3(C)[C@H](CC[C@@H]4[C@@]5(C)CC[C@H](OC(C)=O)C(C)(C)[C@@H]5CC[C@]43C)[C@@H]12. The number of allylic oxidation sites excluding steroid dienone is 1. The topological polar surface area (TPSA) is 92.7 Å². The van der Waals surface area contributed by atoms with Crippen LogP contribution in [0.15, 0.2) is 12.2 Å². The molecule has 0 aromatic rings. The number of carbonyl (C=O) groups is 3. The molecule has 0 aromatic carbocycles. The molecule has 0 aliphatic heterocycles. The van der Waals surface area contributed by atoms with E-state index in [2.05, 4.69) is 53.4 Å². The minimum atomic E-state index is -0.748. The minimum absolute atomic E-state index is 0.00449. The van der Waals surface area contributed by atoms with Gasteiger partial charge in [0, 0.05) is 25.3 Å². The number of fused-ring (bicyclic) bond motifs is 7. The van der Waals surface area contributed by atoms with Gasteiger partial charge >= 0.3 is 11.9 Å². The van der Waals surface area contributed by atoms with Crippen LogP contribution in [0.1, 0.15) is 138 Å². The fourth-order valence-electron chi connectivity index (χ4n) is 12.9. The zero-order valence-corrected chi connectivity index (χ0v) is 28.9. The van der Waals surface area contributed by atoms with Crippen LogP contribution >= 0.6 is 0 Å². The molecule has 5 aliphatic rings. The predicted molar refractivity (Wildman–Crippen MR) is 174 cm³/mol. The number of carbonyl (C=O) groups excluding carboxylic acids is 2. The lowest BCUT2D eigenvalue weighted by Crippen LogP contribution is -2.67. The molecule has 6 nitrogen and oxygen atoms in total. The van der Waals surface area contributed by atoms with Gasteiger partial charge < -0.3 is 15.2 Å². The van der Waals surface area contributed by atoms with Crippen molar-refractivity contribution in [2.45, 2.75) is 144 Å². The highest BCUT2D eigenvalue weighted by Crippen LogP contribution is 2.77. The van der Waals surface area contributed by atoms with Crippen molar-refractivity contribution in [1.82, 2.24) is 5.32 Å². The van der Waals surface area contributed by atoms with Crippen LogP contribution in [0.5, 0.6) is 0 Å². The molecule has 0 saturated heterocycles. The fourth-order valence-corrected chi connectivity index (χ4v) is 12.9. The predicted octanol–water partition coefficient (Wildman–Crippen LogP) is 8.34.